The topological polar surface area (TPSA) is 29.9 Å². The van der Waals surface area contributed by atoms with Crippen LogP contribution in [0.5, 0.6) is 0 Å². The Morgan fingerprint density at radius 3 is 2.90 bits per heavy atom. The van der Waals surface area contributed by atoms with Crippen LogP contribution in [0.1, 0.15) is 44.6 Å². The summed E-state index contributed by atoms with van der Waals surface area (Å²) in [6, 6.07) is 6.26. The first kappa shape index (κ1) is 14.5. The number of aryl methyl sites for hydroxylation is 1. The summed E-state index contributed by atoms with van der Waals surface area (Å²) in [5.74, 6) is 0.768. The van der Waals surface area contributed by atoms with Crippen molar-refractivity contribution in [3.63, 3.8) is 0 Å². The molecule has 2 heterocycles. The Morgan fingerprint density at radius 2 is 2.14 bits per heavy atom. The molecule has 3 nitrogen and oxygen atoms in total. The molecule has 3 rings (SSSR count). The highest BCUT2D eigenvalue weighted by Crippen LogP contribution is 2.23. The number of nitrogens with one attached hydrogen (secondary N) is 1. The minimum Gasteiger partial charge on any atom is -0.323 e. The van der Waals surface area contributed by atoms with Gasteiger partial charge < -0.3 is 5.43 Å². The van der Waals surface area contributed by atoms with Crippen LogP contribution in [-0.4, -0.2) is 16.2 Å². The second kappa shape index (κ2) is 6.56. The lowest BCUT2D eigenvalue weighted by molar-refractivity contribution is 0.366. The minimum atomic E-state index is 0.768. The number of hydrogen-bond donors (Lipinski definition) is 1. The molecule has 1 N–H and O–H groups in total. The van der Waals surface area contributed by atoms with Gasteiger partial charge in [-0.25, -0.2) is 9.66 Å². The summed E-state index contributed by atoms with van der Waals surface area (Å²) in [5.41, 5.74) is 5.70. The predicted molar refractivity (Wildman–Crippen MR) is 90.7 cm³/mol. The summed E-state index contributed by atoms with van der Waals surface area (Å²) in [6.45, 7) is 3.14. The Morgan fingerprint density at radius 1 is 1.33 bits per heavy atom. The molecule has 1 aliphatic carbocycles. The molecule has 2 aromatic rings. The van der Waals surface area contributed by atoms with Gasteiger partial charge in [0.25, 0.3) is 0 Å². The van der Waals surface area contributed by atoms with E-state index in [9.17, 15) is 0 Å². The molecule has 0 spiro atoms. The van der Waals surface area contributed by atoms with Crippen LogP contribution in [0.25, 0.3) is 11.0 Å². The summed E-state index contributed by atoms with van der Waals surface area (Å²) in [4.78, 5) is 4.51. The van der Waals surface area contributed by atoms with E-state index in [0.717, 1.165) is 34.6 Å². The number of aromatic nitrogens is 2. The summed E-state index contributed by atoms with van der Waals surface area (Å²) in [5, 5.41) is 1.15. The monoisotopic (exact) mass is 301 g/mol. The second-order valence-electron chi connectivity index (χ2n) is 5.95. The van der Waals surface area contributed by atoms with Crippen LogP contribution in [0.2, 0.25) is 0 Å². The lowest BCUT2D eigenvalue weighted by atomic mass is 9.89. The Labute approximate surface area is 131 Å². The maximum Gasteiger partial charge on any atom is 0.159 e. The van der Waals surface area contributed by atoms with E-state index in [1.54, 1.807) is 0 Å². The maximum absolute atomic E-state index is 5.65. The summed E-state index contributed by atoms with van der Waals surface area (Å²) < 4.78 is 2.90. The van der Waals surface area contributed by atoms with E-state index in [2.05, 4.69) is 29.5 Å². The molecule has 1 fully saturated rings. The third kappa shape index (κ3) is 3.10. The molecule has 0 amide bonds. The molecular weight excluding hydrogens is 278 g/mol. The molecule has 0 unspecified atom stereocenters. The van der Waals surface area contributed by atoms with Crippen LogP contribution in [0, 0.1) is 10.6 Å². The van der Waals surface area contributed by atoms with Crippen molar-refractivity contribution in [3.8, 4) is 0 Å². The normalized spacial score (nSPS) is 16.2. The Hall–Kier alpha value is -1.42. The van der Waals surface area contributed by atoms with Crippen molar-refractivity contribution in [3.05, 3.63) is 34.6 Å². The summed E-state index contributed by atoms with van der Waals surface area (Å²) >= 11 is 5.65. The molecule has 0 bridgehead atoms. The Balaban J connectivity index is 1.92. The van der Waals surface area contributed by atoms with Crippen LogP contribution in [0.15, 0.2) is 24.4 Å². The first-order valence-corrected chi connectivity index (χ1v) is 8.44. The van der Waals surface area contributed by atoms with Gasteiger partial charge in [-0.1, -0.05) is 38.4 Å². The average molecular weight is 301 g/mol. The molecule has 2 aromatic heterocycles. The van der Waals surface area contributed by atoms with E-state index in [-0.39, 0.29) is 0 Å². The standard InChI is InChI=1S/C17H23N3S/c1-2-14-11-15-9-6-10-18-16(15)20(17(14)21)19-12-13-7-4-3-5-8-13/h6,9-11,13,19H,2-5,7-8,12H2,1H3. The van der Waals surface area contributed by atoms with Crippen molar-refractivity contribution >= 4 is 23.3 Å². The molecule has 1 aliphatic rings. The number of pyridine rings is 2. The fourth-order valence-electron chi connectivity index (χ4n) is 3.21. The highest BCUT2D eigenvalue weighted by molar-refractivity contribution is 7.71. The Bertz CT molecular complexity index is 671. The Kier molecular flexibility index (Phi) is 4.54. The van der Waals surface area contributed by atoms with Crippen LogP contribution < -0.4 is 5.43 Å². The second-order valence-corrected chi connectivity index (χ2v) is 6.33. The highest BCUT2D eigenvalue weighted by Gasteiger charge is 2.14. The minimum absolute atomic E-state index is 0.768. The van der Waals surface area contributed by atoms with Gasteiger partial charge in [-0.05, 0) is 48.9 Å². The van der Waals surface area contributed by atoms with Gasteiger partial charge in [0.1, 0.15) is 4.64 Å². The summed E-state index contributed by atoms with van der Waals surface area (Å²) in [6.07, 6.45) is 9.58. The molecule has 0 atom stereocenters. The van der Waals surface area contributed by atoms with E-state index < -0.39 is 0 Å². The van der Waals surface area contributed by atoms with E-state index in [1.165, 1.54) is 37.7 Å². The number of nitrogens with zero attached hydrogens (tertiary/aromatic N) is 2. The van der Waals surface area contributed by atoms with Crippen LogP contribution >= 0.6 is 12.2 Å². The van der Waals surface area contributed by atoms with Gasteiger partial charge >= 0.3 is 0 Å². The van der Waals surface area contributed by atoms with Crippen LogP contribution in [-0.2, 0) is 6.42 Å². The van der Waals surface area contributed by atoms with E-state index in [1.807, 2.05) is 16.9 Å². The first-order valence-electron chi connectivity index (χ1n) is 8.03. The van der Waals surface area contributed by atoms with Crippen LogP contribution in [0.4, 0.5) is 0 Å². The average Bonchev–Trinajstić information content (AvgIpc) is 2.54. The van der Waals surface area contributed by atoms with Crippen molar-refractivity contribution in [2.24, 2.45) is 5.92 Å². The van der Waals surface area contributed by atoms with E-state index in [4.69, 9.17) is 12.2 Å². The maximum atomic E-state index is 5.65. The lowest BCUT2D eigenvalue weighted by Crippen LogP contribution is -2.26. The van der Waals surface area contributed by atoms with Crippen molar-refractivity contribution in [1.82, 2.24) is 9.66 Å². The molecule has 112 valence electrons. The third-order valence-electron chi connectivity index (χ3n) is 4.48. The first-order chi connectivity index (χ1) is 10.3. The molecule has 0 aromatic carbocycles. The number of fused-ring (bicyclic) bond motifs is 1. The SMILES string of the molecule is CCc1cc2cccnc2n(NCC2CCCCC2)c1=S. The fourth-order valence-corrected chi connectivity index (χ4v) is 3.56. The zero-order valence-corrected chi connectivity index (χ0v) is 13.5. The smallest absolute Gasteiger partial charge is 0.159 e. The quantitative estimate of drug-likeness (QED) is 0.846. The van der Waals surface area contributed by atoms with Gasteiger partial charge in [0.2, 0.25) is 0 Å². The van der Waals surface area contributed by atoms with Crippen molar-refractivity contribution in [1.29, 1.82) is 0 Å². The molecule has 21 heavy (non-hydrogen) atoms. The predicted octanol–water partition coefficient (Wildman–Crippen LogP) is 4.45. The van der Waals surface area contributed by atoms with Gasteiger partial charge in [-0.2, -0.15) is 0 Å². The third-order valence-corrected chi connectivity index (χ3v) is 4.92. The molecule has 0 aliphatic heterocycles. The zero-order chi connectivity index (χ0) is 14.7. The van der Waals surface area contributed by atoms with E-state index in [0.29, 0.717) is 0 Å². The van der Waals surface area contributed by atoms with Crippen molar-refractivity contribution < 1.29 is 0 Å². The largest absolute Gasteiger partial charge is 0.323 e. The van der Waals surface area contributed by atoms with Gasteiger partial charge in [-0.15, -0.1) is 0 Å². The highest BCUT2D eigenvalue weighted by atomic mass is 32.1. The zero-order valence-electron chi connectivity index (χ0n) is 12.6. The number of hydrogen-bond acceptors (Lipinski definition) is 3. The fraction of sp³-hybridized carbons (Fsp3) is 0.529. The van der Waals surface area contributed by atoms with Crippen molar-refractivity contribution in [2.75, 3.05) is 12.0 Å². The number of rotatable bonds is 4. The van der Waals surface area contributed by atoms with Gasteiger partial charge in [0, 0.05) is 18.1 Å². The molecule has 0 saturated heterocycles. The van der Waals surface area contributed by atoms with E-state index >= 15 is 0 Å². The molecule has 4 heteroatoms. The van der Waals surface area contributed by atoms with Crippen molar-refractivity contribution in [2.45, 2.75) is 45.4 Å². The summed E-state index contributed by atoms with van der Waals surface area (Å²) in [7, 11) is 0. The van der Waals surface area contributed by atoms with Gasteiger partial charge in [-0.3, -0.25) is 0 Å². The molecule has 0 radical (unpaired) electrons. The molecular formula is C17H23N3S. The van der Waals surface area contributed by atoms with Gasteiger partial charge in [0.05, 0.1) is 0 Å². The molecule has 1 saturated carbocycles. The van der Waals surface area contributed by atoms with Crippen LogP contribution in [0.3, 0.4) is 0 Å². The van der Waals surface area contributed by atoms with Gasteiger partial charge in [0.15, 0.2) is 5.65 Å². The lowest BCUT2D eigenvalue weighted by Gasteiger charge is -2.24.